The van der Waals surface area contributed by atoms with Crippen LogP contribution in [0.2, 0.25) is 0 Å². The molecule has 0 saturated carbocycles. The van der Waals surface area contributed by atoms with Gasteiger partial charge in [0.15, 0.2) is 0 Å². The van der Waals surface area contributed by atoms with Crippen LogP contribution in [0.25, 0.3) is 10.1 Å². The predicted molar refractivity (Wildman–Crippen MR) is 79.0 cm³/mol. The molecule has 0 spiro atoms. The standard InChI is InChI=1S/C15H16N2OS/c1-10-12(6-7-18-10)14(17-16)8-11-9-19-15-5-3-2-4-13(11)15/h2-7,9,14,17H,8,16H2,1H3. The second-order valence-corrected chi connectivity index (χ2v) is 5.52. The number of hydrazine groups is 1. The first-order valence-electron chi connectivity index (χ1n) is 6.25. The number of thiophene rings is 1. The Hall–Kier alpha value is -1.62. The molecule has 2 aromatic heterocycles. The number of nitrogens with one attached hydrogen (secondary N) is 1. The number of hydrogen-bond acceptors (Lipinski definition) is 4. The summed E-state index contributed by atoms with van der Waals surface area (Å²) in [5, 5.41) is 3.53. The zero-order chi connectivity index (χ0) is 13.2. The molecule has 2 heterocycles. The van der Waals surface area contributed by atoms with Crippen LogP contribution in [0.3, 0.4) is 0 Å². The average Bonchev–Trinajstić information content (AvgIpc) is 3.03. The van der Waals surface area contributed by atoms with E-state index in [1.165, 1.54) is 15.6 Å². The Morgan fingerprint density at radius 3 is 2.89 bits per heavy atom. The van der Waals surface area contributed by atoms with Crippen molar-refractivity contribution >= 4 is 21.4 Å². The van der Waals surface area contributed by atoms with Crippen molar-refractivity contribution in [3.63, 3.8) is 0 Å². The van der Waals surface area contributed by atoms with E-state index < -0.39 is 0 Å². The summed E-state index contributed by atoms with van der Waals surface area (Å²) in [5.41, 5.74) is 5.34. The fourth-order valence-electron chi connectivity index (χ4n) is 2.43. The maximum absolute atomic E-state index is 5.71. The molecule has 0 saturated heterocycles. The van der Waals surface area contributed by atoms with E-state index >= 15 is 0 Å². The average molecular weight is 272 g/mol. The van der Waals surface area contributed by atoms with Crippen molar-refractivity contribution < 1.29 is 4.42 Å². The third-order valence-corrected chi connectivity index (χ3v) is 4.47. The van der Waals surface area contributed by atoms with Gasteiger partial charge in [0, 0.05) is 10.3 Å². The van der Waals surface area contributed by atoms with Crippen molar-refractivity contribution in [1.29, 1.82) is 0 Å². The fourth-order valence-corrected chi connectivity index (χ4v) is 3.40. The number of rotatable bonds is 4. The molecule has 0 fully saturated rings. The number of aryl methyl sites for hydroxylation is 1. The Morgan fingerprint density at radius 1 is 1.32 bits per heavy atom. The molecule has 98 valence electrons. The minimum Gasteiger partial charge on any atom is -0.469 e. The number of hydrogen-bond donors (Lipinski definition) is 2. The van der Waals surface area contributed by atoms with Gasteiger partial charge in [-0.15, -0.1) is 11.3 Å². The molecule has 0 bridgehead atoms. The van der Waals surface area contributed by atoms with Crippen LogP contribution in [0.4, 0.5) is 0 Å². The SMILES string of the molecule is Cc1occc1C(Cc1csc2ccccc12)NN. The van der Waals surface area contributed by atoms with Crippen LogP contribution in [-0.4, -0.2) is 0 Å². The highest BCUT2D eigenvalue weighted by Crippen LogP contribution is 2.30. The van der Waals surface area contributed by atoms with Crippen LogP contribution in [0.1, 0.15) is 22.9 Å². The van der Waals surface area contributed by atoms with Crippen LogP contribution in [0.5, 0.6) is 0 Å². The number of nitrogens with two attached hydrogens (primary N) is 1. The van der Waals surface area contributed by atoms with Gasteiger partial charge in [0.2, 0.25) is 0 Å². The van der Waals surface area contributed by atoms with Crippen molar-refractivity contribution in [3.8, 4) is 0 Å². The van der Waals surface area contributed by atoms with Crippen LogP contribution in [-0.2, 0) is 6.42 Å². The first-order valence-corrected chi connectivity index (χ1v) is 7.13. The van der Waals surface area contributed by atoms with Gasteiger partial charge in [-0.2, -0.15) is 0 Å². The topological polar surface area (TPSA) is 51.2 Å². The minimum absolute atomic E-state index is 0.0803. The molecule has 3 rings (SSSR count). The lowest BCUT2D eigenvalue weighted by molar-refractivity contribution is 0.502. The van der Waals surface area contributed by atoms with Gasteiger partial charge in [0.25, 0.3) is 0 Å². The third kappa shape index (κ3) is 2.30. The third-order valence-electron chi connectivity index (χ3n) is 3.46. The van der Waals surface area contributed by atoms with Crippen LogP contribution >= 0.6 is 11.3 Å². The van der Waals surface area contributed by atoms with Gasteiger partial charge in [0.05, 0.1) is 12.3 Å². The Bertz CT molecular complexity index is 686. The Morgan fingerprint density at radius 2 is 2.16 bits per heavy atom. The summed E-state index contributed by atoms with van der Waals surface area (Å²) in [6.07, 6.45) is 2.57. The molecule has 4 heteroatoms. The van der Waals surface area contributed by atoms with Crippen molar-refractivity contribution in [1.82, 2.24) is 5.43 Å². The van der Waals surface area contributed by atoms with Crippen LogP contribution in [0.15, 0.2) is 46.4 Å². The van der Waals surface area contributed by atoms with E-state index in [-0.39, 0.29) is 6.04 Å². The highest BCUT2D eigenvalue weighted by molar-refractivity contribution is 7.17. The van der Waals surface area contributed by atoms with Crippen LogP contribution < -0.4 is 11.3 Å². The smallest absolute Gasteiger partial charge is 0.105 e. The lowest BCUT2D eigenvalue weighted by Gasteiger charge is -2.14. The highest BCUT2D eigenvalue weighted by Gasteiger charge is 2.16. The normalized spacial score (nSPS) is 12.9. The van der Waals surface area contributed by atoms with E-state index in [1.54, 1.807) is 17.6 Å². The van der Waals surface area contributed by atoms with Crippen molar-refractivity contribution in [2.24, 2.45) is 5.84 Å². The predicted octanol–water partition coefficient (Wildman–Crippen LogP) is 3.55. The van der Waals surface area contributed by atoms with Gasteiger partial charge in [-0.3, -0.25) is 11.3 Å². The molecular formula is C15H16N2OS. The lowest BCUT2D eigenvalue weighted by Crippen LogP contribution is -2.29. The summed E-state index contributed by atoms with van der Waals surface area (Å²) in [5.74, 6) is 6.62. The Labute approximate surface area is 116 Å². The van der Waals surface area contributed by atoms with E-state index in [0.29, 0.717) is 0 Å². The van der Waals surface area contributed by atoms with Gasteiger partial charge in [-0.25, -0.2) is 0 Å². The first-order chi connectivity index (χ1) is 9.29. The van der Waals surface area contributed by atoms with Gasteiger partial charge in [0.1, 0.15) is 5.76 Å². The summed E-state index contributed by atoms with van der Waals surface area (Å²) in [7, 11) is 0. The van der Waals surface area contributed by atoms with E-state index in [0.717, 1.165) is 17.7 Å². The van der Waals surface area contributed by atoms with Gasteiger partial charge in [-0.1, -0.05) is 18.2 Å². The number of furan rings is 1. The molecule has 19 heavy (non-hydrogen) atoms. The van der Waals surface area contributed by atoms with E-state index in [9.17, 15) is 0 Å². The zero-order valence-corrected chi connectivity index (χ0v) is 11.5. The molecular weight excluding hydrogens is 256 g/mol. The largest absolute Gasteiger partial charge is 0.469 e. The maximum atomic E-state index is 5.71. The molecule has 1 unspecified atom stereocenters. The van der Waals surface area contributed by atoms with Crippen molar-refractivity contribution in [2.45, 2.75) is 19.4 Å². The van der Waals surface area contributed by atoms with E-state index in [4.69, 9.17) is 10.3 Å². The molecule has 3 nitrogen and oxygen atoms in total. The molecule has 3 aromatic rings. The summed E-state index contributed by atoms with van der Waals surface area (Å²) < 4.78 is 6.68. The number of fused-ring (bicyclic) bond motifs is 1. The Balaban J connectivity index is 1.93. The van der Waals surface area contributed by atoms with E-state index in [2.05, 4.69) is 35.1 Å². The van der Waals surface area contributed by atoms with Crippen molar-refractivity contribution in [3.05, 3.63) is 58.9 Å². The second kappa shape index (κ2) is 5.17. The molecule has 1 atom stereocenters. The van der Waals surface area contributed by atoms with E-state index in [1.807, 2.05) is 13.0 Å². The second-order valence-electron chi connectivity index (χ2n) is 4.61. The Kier molecular flexibility index (Phi) is 3.38. The zero-order valence-electron chi connectivity index (χ0n) is 10.7. The lowest BCUT2D eigenvalue weighted by atomic mass is 9.99. The molecule has 0 amide bonds. The van der Waals surface area contributed by atoms with Crippen LogP contribution in [0, 0.1) is 6.92 Å². The minimum atomic E-state index is 0.0803. The molecule has 1 aromatic carbocycles. The number of benzene rings is 1. The molecule has 3 N–H and O–H groups in total. The summed E-state index contributed by atoms with van der Waals surface area (Å²) in [6.45, 7) is 1.96. The molecule has 0 radical (unpaired) electrons. The summed E-state index contributed by atoms with van der Waals surface area (Å²) in [6, 6.07) is 10.5. The van der Waals surface area contributed by atoms with Gasteiger partial charge < -0.3 is 4.42 Å². The van der Waals surface area contributed by atoms with Crippen molar-refractivity contribution in [2.75, 3.05) is 0 Å². The fraction of sp³-hybridized carbons (Fsp3) is 0.200. The van der Waals surface area contributed by atoms with Gasteiger partial charge >= 0.3 is 0 Å². The maximum Gasteiger partial charge on any atom is 0.105 e. The van der Waals surface area contributed by atoms with Gasteiger partial charge in [-0.05, 0) is 41.8 Å². The molecule has 0 aliphatic rings. The quantitative estimate of drug-likeness (QED) is 0.564. The summed E-state index contributed by atoms with van der Waals surface area (Å²) >= 11 is 1.78. The summed E-state index contributed by atoms with van der Waals surface area (Å²) in [4.78, 5) is 0. The highest BCUT2D eigenvalue weighted by atomic mass is 32.1. The first kappa shape index (κ1) is 12.4. The molecule has 0 aliphatic carbocycles. The monoisotopic (exact) mass is 272 g/mol. The molecule has 0 aliphatic heterocycles.